The number of ether oxygens (including phenoxy) is 2. The maximum Gasteiger partial charge on any atom is 0.221 e. The number of carbonyl (C=O) groups is 1. The van der Waals surface area contributed by atoms with E-state index in [0.29, 0.717) is 19.8 Å². The fourth-order valence-electron chi connectivity index (χ4n) is 1.55. The van der Waals surface area contributed by atoms with E-state index < -0.39 is 0 Å². The van der Waals surface area contributed by atoms with Gasteiger partial charge in [0.1, 0.15) is 5.75 Å². The summed E-state index contributed by atoms with van der Waals surface area (Å²) in [5.74, 6) is 0.614. The summed E-state index contributed by atoms with van der Waals surface area (Å²) in [6.07, 6.45) is 1.71. The lowest BCUT2D eigenvalue weighted by Crippen LogP contribution is -2.11. The van der Waals surface area contributed by atoms with Crippen molar-refractivity contribution in [2.45, 2.75) is 6.92 Å². The topological polar surface area (TPSA) is 59.6 Å². The molecule has 0 aliphatic rings. The van der Waals surface area contributed by atoms with Crippen molar-refractivity contribution in [1.82, 2.24) is 0 Å². The number of hydrogen-bond donors (Lipinski definition) is 2. The van der Waals surface area contributed by atoms with Crippen molar-refractivity contribution in [3.05, 3.63) is 30.9 Å². The number of carbonyl (C=O) groups excluding carboxylic acids is 1. The Kier molecular flexibility index (Phi) is 6.46. The van der Waals surface area contributed by atoms with E-state index in [1.165, 1.54) is 6.92 Å². The van der Waals surface area contributed by atoms with Gasteiger partial charge in [-0.2, -0.15) is 0 Å². The molecular formula is C14H20N2O3. The molecule has 19 heavy (non-hydrogen) atoms. The van der Waals surface area contributed by atoms with Crippen LogP contribution in [0.25, 0.3) is 0 Å². The fraction of sp³-hybridized carbons (Fsp3) is 0.357. The second kappa shape index (κ2) is 8.16. The Bertz CT molecular complexity index is 433. The van der Waals surface area contributed by atoms with E-state index in [2.05, 4.69) is 17.2 Å². The van der Waals surface area contributed by atoms with E-state index in [-0.39, 0.29) is 5.91 Å². The molecule has 0 atom stereocenters. The highest BCUT2D eigenvalue weighted by atomic mass is 16.5. The standard InChI is InChI=1S/C14H20N2O3/c1-4-8-19-9-7-15-13-10-12(16-11(2)17)5-6-14(13)18-3/h4-6,10,15H,1,7-9H2,2-3H3,(H,16,17). The summed E-state index contributed by atoms with van der Waals surface area (Å²) in [4.78, 5) is 11.0. The quantitative estimate of drug-likeness (QED) is 0.558. The number of nitrogens with one attached hydrogen (secondary N) is 2. The van der Waals surface area contributed by atoms with Crippen molar-refractivity contribution in [3.63, 3.8) is 0 Å². The van der Waals surface area contributed by atoms with Gasteiger partial charge >= 0.3 is 0 Å². The molecule has 5 heteroatoms. The molecule has 0 radical (unpaired) electrons. The molecule has 0 bridgehead atoms. The molecule has 0 aliphatic carbocycles. The molecule has 0 spiro atoms. The minimum atomic E-state index is -0.106. The Labute approximate surface area is 113 Å². The fourth-order valence-corrected chi connectivity index (χ4v) is 1.55. The van der Waals surface area contributed by atoms with Gasteiger partial charge in [-0.3, -0.25) is 4.79 Å². The number of anilines is 2. The second-order valence-corrected chi connectivity index (χ2v) is 3.89. The first-order valence-corrected chi connectivity index (χ1v) is 6.05. The van der Waals surface area contributed by atoms with Gasteiger partial charge in [0.25, 0.3) is 0 Å². The molecule has 104 valence electrons. The Morgan fingerprint density at radius 2 is 2.26 bits per heavy atom. The summed E-state index contributed by atoms with van der Waals surface area (Å²) in [5, 5.41) is 5.93. The second-order valence-electron chi connectivity index (χ2n) is 3.89. The van der Waals surface area contributed by atoms with Crippen LogP contribution in [0.15, 0.2) is 30.9 Å². The molecule has 0 unspecified atom stereocenters. The Morgan fingerprint density at radius 3 is 2.89 bits per heavy atom. The first-order valence-electron chi connectivity index (χ1n) is 6.05. The van der Waals surface area contributed by atoms with Gasteiger partial charge < -0.3 is 20.1 Å². The largest absolute Gasteiger partial charge is 0.495 e. The summed E-state index contributed by atoms with van der Waals surface area (Å²) in [7, 11) is 1.60. The minimum Gasteiger partial charge on any atom is -0.495 e. The number of benzene rings is 1. The van der Waals surface area contributed by atoms with E-state index in [9.17, 15) is 4.79 Å². The van der Waals surface area contributed by atoms with E-state index in [1.807, 2.05) is 6.07 Å². The van der Waals surface area contributed by atoms with Gasteiger partial charge in [-0.15, -0.1) is 6.58 Å². The monoisotopic (exact) mass is 264 g/mol. The van der Waals surface area contributed by atoms with Crippen LogP contribution >= 0.6 is 0 Å². The third-order valence-electron chi connectivity index (χ3n) is 2.32. The van der Waals surface area contributed by atoms with Crippen molar-refractivity contribution < 1.29 is 14.3 Å². The molecule has 0 heterocycles. The normalized spacial score (nSPS) is 9.79. The molecule has 2 N–H and O–H groups in total. The highest BCUT2D eigenvalue weighted by Gasteiger charge is 2.04. The third-order valence-corrected chi connectivity index (χ3v) is 2.32. The van der Waals surface area contributed by atoms with Crippen LogP contribution in [0.2, 0.25) is 0 Å². The number of methoxy groups -OCH3 is 1. The van der Waals surface area contributed by atoms with Gasteiger partial charge in [0.05, 0.1) is 26.0 Å². The SMILES string of the molecule is C=CCOCCNc1cc(NC(C)=O)ccc1OC. The van der Waals surface area contributed by atoms with Crippen LogP contribution in [-0.2, 0) is 9.53 Å². The summed E-state index contributed by atoms with van der Waals surface area (Å²) in [5.41, 5.74) is 1.54. The van der Waals surface area contributed by atoms with Crippen molar-refractivity contribution in [3.8, 4) is 5.75 Å². The molecule has 5 nitrogen and oxygen atoms in total. The van der Waals surface area contributed by atoms with Gasteiger partial charge in [0.2, 0.25) is 5.91 Å². The molecule has 0 aliphatic heterocycles. The molecule has 0 fully saturated rings. The van der Waals surface area contributed by atoms with Crippen LogP contribution in [0.5, 0.6) is 5.75 Å². The molecule has 1 rings (SSSR count). The van der Waals surface area contributed by atoms with E-state index in [1.54, 1.807) is 25.3 Å². The van der Waals surface area contributed by atoms with E-state index in [0.717, 1.165) is 17.1 Å². The first-order chi connectivity index (χ1) is 9.17. The van der Waals surface area contributed by atoms with Crippen molar-refractivity contribution in [1.29, 1.82) is 0 Å². The molecule has 0 saturated heterocycles. The first kappa shape index (κ1) is 15.0. The van der Waals surface area contributed by atoms with Crippen LogP contribution in [0.4, 0.5) is 11.4 Å². The summed E-state index contributed by atoms with van der Waals surface area (Å²) < 4.78 is 10.5. The van der Waals surface area contributed by atoms with Crippen molar-refractivity contribution in [2.24, 2.45) is 0 Å². The lowest BCUT2D eigenvalue weighted by atomic mass is 10.2. The van der Waals surface area contributed by atoms with Gasteiger partial charge in [0.15, 0.2) is 0 Å². The maximum atomic E-state index is 11.0. The van der Waals surface area contributed by atoms with E-state index >= 15 is 0 Å². The molecule has 1 amide bonds. The summed E-state index contributed by atoms with van der Waals surface area (Å²) in [6, 6.07) is 5.42. The van der Waals surface area contributed by atoms with E-state index in [4.69, 9.17) is 9.47 Å². The van der Waals surface area contributed by atoms with Crippen LogP contribution in [0, 0.1) is 0 Å². The maximum absolute atomic E-state index is 11.0. The number of hydrogen-bond acceptors (Lipinski definition) is 4. The lowest BCUT2D eigenvalue weighted by molar-refractivity contribution is -0.114. The van der Waals surface area contributed by atoms with Crippen LogP contribution in [-0.4, -0.2) is 32.8 Å². The van der Waals surface area contributed by atoms with Gasteiger partial charge in [-0.1, -0.05) is 6.08 Å². The average molecular weight is 264 g/mol. The highest BCUT2D eigenvalue weighted by molar-refractivity contribution is 5.89. The number of amides is 1. The predicted molar refractivity (Wildman–Crippen MR) is 76.8 cm³/mol. The lowest BCUT2D eigenvalue weighted by Gasteiger charge is -2.13. The predicted octanol–water partition coefficient (Wildman–Crippen LogP) is 2.27. The molecule has 0 aromatic heterocycles. The Hall–Kier alpha value is -2.01. The molecular weight excluding hydrogens is 244 g/mol. The zero-order chi connectivity index (χ0) is 14.1. The Balaban J connectivity index is 2.62. The van der Waals surface area contributed by atoms with Gasteiger partial charge in [-0.05, 0) is 18.2 Å². The zero-order valence-electron chi connectivity index (χ0n) is 11.4. The zero-order valence-corrected chi connectivity index (χ0v) is 11.4. The van der Waals surface area contributed by atoms with Crippen LogP contribution in [0.1, 0.15) is 6.92 Å². The van der Waals surface area contributed by atoms with Crippen molar-refractivity contribution >= 4 is 17.3 Å². The smallest absolute Gasteiger partial charge is 0.221 e. The van der Waals surface area contributed by atoms with Gasteiger partial charge in [0, 0.05) is 19.2 Å². The average Bonchev–Trinajstić information content (AvgIpc) is 2.38. The Morgan fingerprint density at radius 1 is 1.47 bits per heavy atom. The third kappa shape index (κ3) is 5.44. The minimum absolute atomic E-state index is 0.106. The summed E-state index contributed by atoms with van der Waals surface area (Å²) >= 11 is 0. The number of rotatable bonds is 8. The molecule has 1 aromatic rings. The summed E-state index contributed by atoms with van der Waals surface area (Å²) in [6.45, 7) is 6.80. The van der Waals surface area contributed by atoms with Crippen LogP contribution < -0.4 is 15.4 Å². The van der Waals surface area contributed by atoms with Gasteiger partial charge in [-0.25, -0.2) is 0 Å². The molecule has 0 saturated carbocycles. The van der Waals surface area contributed by atoms with Crippen molar-refractivity contribution in [2.75, 3.05) is 37.5 Å². The highest BCUT2D eigenvalue weighted by Crippen LogP contribution is 2.27. The van der Waals surface area contributed by atoms with Crippen LogP contribution in [0.3, 0.4) is 0 Å². The molecule has 1 aromatic carbocycles.